The fourth-order valence-corrected chi connectivity index (χ4v) is 6.29. The van der Waals surface area contributed by atoms with Crippen LogP contribution in [0.2, 0.25) is 0 Å². The average molecular weight is 778 g/mol. The molecule has 0 aliphatic heterocycles. The molecule has 54 heavy (non-hydrogen) atoms. The molecule has 0 aliphatic carbocycles. The first kappa shape index (κ1) is 51.9. The molecule has 0 saturated carbocycles. The first-order chi connectivity index (χ1) is 26.0. The summed E-state index contributed by atoms with van der Waals surface area (Å²) < 4.78 is 23.4. The summed E-state index contributed by atoms with van der Waals surface area (Å²) in [5.41, 5.74) is 0. The molecular weight excluding hydrogens is 695 g/mol. The van der Waals surface area contributed by atoms with E-state index in [1.165, 1.54) is 70.6 Å². The van der Waals surface area contributed by atoms with Crippen LogP contribution in [-0.2, 0) is 18.4 Å². The van der Waals surface area contributed by atoms with Gasteiger partial charge in [-0.2, -0.15) is 0 Å². The Kier molecular flexibility index (Phi) is 35.2. The van der Waals surface area contributed by atoms with Gasteiger partial charge in [-0.25, -0.2) is 4.57 Å². The molecule has 0 radical (unpaired) electrons. The minimum atomic E-state index is -4.35. The van der Waals surface area contributed by atoms with Crippen LogP contribution < -0.4 is 5.32 Å². The monoisotopic (exact) mass is 778 g/mol. The number of phosphoric acid groups is 1. The maximum absolute atomic E-state index is 12.8. The third kappa shape index (κ3) is 38.2. The summed E-state index contributed by atoms with van der Waals surface area (Å²) in [6.45, 7) is 4.50. The third-order valence-electron chi connectivity index (χ3n) is 8.97. The van der Waals surface area contributed by atoms with Gasteiger partial charge in [-0.05, 0) is 77.6 Å². The SMILES string of the molecule is C/C=C/CC/C=C/CC/C=C/C(O)C(COP(=O)(O)OCC[N+](C)(C)C)NC(=O)CCCCCCCCCC/C=C\C/C=C\C/C=C\CCCCCCC. The second-order valence-electron chi connectivity index (χ2n) is 15.4. The van der Waals surface area contributed by atoms with Gasteiger partial charge in [-0.1, -0.05) is 144 Å². The number of likely N-dealkylation sites (N-methyl/N-ethyl adjacent to an activating group) is 1. The molecule has 0 aromatic rings. The first-order valence-corrected chi connectivity index (χ1v) is 22.8. The number of nitrogens with one attached hydrogen (secondary N) is 1. The van der Waals surface area contributed by atoms with Crippen LogP contribution in [0.4, 0.5) is 0 Å². The number of aliphatic hydroxyl groups excluding tert-OH is 1. The lowest BCUT2D eigenvalue weighted by atomic mass is 10.1. The number of phosphoric ester groups is 1. The number of hydrogen-bond acceptors (Lipinski definition) is 5. The molecule has 0 saturated heterocycles. The third-order valence-corrected chi connectivity index (χ3v) is 9.96. The van der Waals surface area contributed by atoms with Crippen LogP contribution in [0.25, 0.3) is 0 Å². The molecule has 0 aliphatic rings. The number of amides is 1. The summed E-state index contributed by atoms with van der Waals surface area (Å²) in [4.78, 5) is 23.0. The van der Waals surface area contributed by atoms with Gasteiger partial charge in [0.15, 0.2) is 0 Å². The molecule has 3 unspecified atom stereocenters. The zero-order valence-electron chi connectivity index (χ0n) is 35.2. The van der Waals surface area contributed by atoms with Gasteiger partial charge in [0, 0.05) is 6.42 Å². The number of quaternary nitrogens is 1. The Morgan fingerprint density at radius 2 is 1.15 bits per heavy atom. The highest BCUT2D eigenvalue weighted by atomic mass is 31.2. The van der Waals surface area contributed by atoms with Gasteiger partial charge in [-0.3, -0.25) is 13.8 Å². The number of nitrogens with zero attached hydrogens (tertiary/aromatic N) is 1. The van der Waals surface area contributed by atoms with Crippen molar-refractivity contribution in [2.75, 3.05) is 40.9 Å². The number of unbranched alkanes of at least 4 members (excludes halogenated alkanes) is 15. The Morgan fingerprint density at radius 1 is 0.667 bits per heavy atom. The summed E-state index contributed by atoms with van der Waals surface area (Å²) in [5.74, 6) is -0.206. The van der Waals surface area contributed by atoms with Gasteiger partial charge in [0.05, 0.1) is 39.9 Å². The minimum Gasteiger partial charge on any atom is -0.387 e. The summed E-state index contributed by atoms with van der Waals surface area (Å²) >= 11 is 0. The first-order valence-electron chi connectivity index (χ1n) is 21.3. The van der Waals surface area contributed by atoms with E-state index >= 15 is 0 Å². The van der Waals surface area contributed by atoms with Crippen molar-refractivity contribution < 1.29 is 32.9 Å². The van der Waals surface area contributed by atoms with Crippen LogP contribution >= 0.6 is 7.82 Å². The summed E-state index contributed by atoms with van der Waals surface area (Å²) in [6.07, 6.45) is 48.6. The van der Waals surface area contributed by atoms with Crippen molar-refractivity contribution in [2.45, 2.75) is 167 Å². The van der Waals surface area contributed by atoms with Crippen molar-refractivity contribution in [1.29, 1.82) is 0 Å². The van der Waals surface area contributed by atoms with Crippen molar-refractivity contribution >= 4 is 13.7 Å². The number of carbonyl (C=O) groups excluding carboxylic acids is 1. The summed E-state index contributed by atoms with van der Waals surface area (Å²) in [5, 5.41) is 13.7. The maximum atomic E-state index is 12.8. The smallest absolute Gasteiger partial charge is 0.387 e. The largest absolute Gasteiger partial charge is 0.472 e. The van der Waals surface area contributed by atoms with E-state index in [-0.39, 0.29) is 19.1 Å². The van der Waals surface area contributed by atoms with Crippen molar-refractivity contribution in [3.63, 3.8) is 0 Å². The number of carbonyl (C=O) groups is 1. The number of aliphatic hydroxyl groups is 1. The molecule has 0 bridgehead atoms. The van der Waals surface area contributed by atoms with Gasteiger partial charge in [0.2, 0.25) is 5.91 Å². The lowest BCUT2D eigenvalue weighted by Crippen LogP contribution is -2.45. The minimum absolute atomic E-state index is 0.0480. The molecule has 0 heterocycles. The predicted molar refractivity (Wildman–Crippen MR) is 230 cm³/mol. The van der Waals surface area contributed by atoms with Crippen molar-refractivity contribution in [3.05, 3.63) is 72.9 Å². The average Bonchev–Trinajstić information content (AvgIpc) is 3.12. The zero-order valence-corrected chi connectivity index (χ0v) is 36.1. The quantitative estimate of drug-likeness (QED) is 0.0251. The lowest BCUT2D eigenvalue weighted by molar-refractivity contribution is -0.870. The van der Waals surface area contributed by atoms with Crippen LogP contribution in [0.3, 0.4) is 0 Å². The van der Waals surface area contributed by atoms with Crippen LogP contribution in [0.5, 0.6) is 0 Å². The maximum Gasteiger partial charge on any atom is 0.472 e. The molecule has 0 spiro atoms. The number of allylic oxidation sites excluding steroid dienone is 11. The fraction of sp³-hybridized carbons (Fsp3) is 0.711. The van der Waals surface area contributed by atoms with Crippen molar-refractivity contribution in [3.8, 4) is 0 Å². The summed E-state index contributed by atoms with van der Waals surface area (Å²) in [7, 11) is 1.52. The van der Waals surface area contributed by atoms with E-state index in [1.54, 1.807) is 6.08 Å². The lowest BCUT2D eigenvalue weighted by Gasteiger charge is -2.25. The fourth-order valence-electron chi connectivity index (χ4n) is 5.56. The van der Waals surface area contributed by atoms with E-state index in [0.717, 1.165) is 64.2 Å². The molecule has 1 amide bonds. The van der Waals surface area contributed by atoms with Crippen LogP contribution in [0, 0.1) is 0 Å². The zero-order chi connectivity index (χ0) is 40.0. The van der Waals surface area contributed by atoms with E-state index in [0.29, 0.717) is 17.4 Å². The standard InChI is InChI=1S/C45H81N2O6P/c1-6-8-10-12-14-16-17-18-19-20-21-22-23-24-25-26-27-28-29-31-33-35-37-39-45(49)46-43(42-53-54(50,51)52-41-40-47(3,4)5)44(48)38-36-34-32-30-15-13-11-9-7-2/h7,9,15,17-18,20-21,23-24,30,36,38,43-44,48H,6,8,10-14,16,19,22,25-29,31-35,37,39-42H2,1-5H3,(H-,46,49,50,51)/p+1/b9-7+,18-17-,21-20-,24-23-,30-15+,38-36+. The Bertz CT molecular complexity index is 1110. The summed E-state index contributed by atoms with van der Waals surface area (Å²) in [6, 6.07) is -0.874. The van der Waals surface area contributed by atoms with E-state index < -0.39 is 20.0 Å². The van der Waals surface area contributed by atoms with Gasteiger partial charge in [0.1, 0.15) is 13.2 Å². The van der Waals surface area contributed by atoms with Gasteiger partial charge < -0.3 is 19.8 Å². The predicted octanol–water partition coefficient (Wildman–Crippen LogP) is 11.6. The Hall–Kier alpha value is -2.06. The van der Waals surface area contributed by atoms with Crippen LogP contribution in [0.15, 0.2) is 72.9 Å². The molecule has 9 heteroatoms. The highest BCUT2D eigenvalue weighted by Gasteiger charge is 2.27. The molecule has 0 aromatic carbocycles. The van der Waals surface area contributed by atoms with E-state index in [9.17, 15) is 19.4 Å². The molecule has 0 rings (SSSR count). The van der Waals surface area contributed by atoms with Gasteiger partial charge >= 0.3 is 7.82 Å². The molecule has 8 nitrogen and oxygen atoms in total. The Morgan fingerprint density at radius 3 is 1.70 bits per heavy atom. The molecule has 3 atom stereocenters. The number of rotatable bonds is 37. The second kappa shape index (κ2) is 36.6. The molecule has 3 N–H and O–H groups in total. The van der Waals surface area contributed by atoms with Crippen molar-refractivity contribution in [2.24, 2.45) is 0 Å². The highest BCUT2D eigenvalue weighted by molar-refractivity contribution is 7.47. The Labute approximate surface area is 332 Å². The topological polar surface area (TPSA) is 105 Å². The number of hydrogen-bond donors (Lipinski definition) is 3. The Balaban J connectivity index is 4.32. The highest BCUT2D eigenvalue weighted by Crippen LogP contribution is 2.43. The normalized spacial score (nSPS) is 15.2. The van der Waals surface area contributed by atoms with Gasteiger partial charge in [0.25, 0.3) is 0 Å². The van der Waals surface area contributed by atoms with E-state index in [4.69, 9.17) is 9.05 Å². The van der Waals surface area contributed by atoms with E-state index in [2.05, 4.69) is 66.9 Å². The van der Waals surface area contributed by atoms with Crippen LogP contribution in [-0.4, -0.2) is 73.4 Å². The van der Waals surface area contributed by atoms with Crippen molar-refractivity contribution in [1.82, 2.24) is 5.32 Å². The van der Waals surface area contributed by atoms with E-state index in [1.807, 2.05) is 40.2 Å². The second-order valence-corrected chi connectivity index (χ2v) is 16.8. The molecule has 0 aromatic heterocycles. The molecule has 0 fully saturated rings. The molecular formula is C45H82N2O6P+. The molecule has 312 valence electrons. The van der Waals surface area contributed by atoms with Crippen LogP contribution in [0.1, 0.15) is 155 Å². The van der Waals surface area contributed by atoms with Gasteiger partial charge in [-0.15, -0.1) is 0 Å².